The molecule has 0 spiro atoms. The number of rotatable bonds is 51. The molecular weight excluding hydrogens is 829 g/mol. The van der Waals surface area contributed by atoms with Gasteiger partial charge in [0.2, 0.25) is 0 Å². The second kappa shape index (κ2) is 55.4. The number of carbonyl (C=O) groups is 3. The molecule has 386 valence electrons. The molecule has 0 aliphatic rings. The van der Waals surface area contributed by atoms with Crippen LogP contribution in [0.15, 0.2) is 72.9 Å². The van der Waals surface area contributed by atoms with Crippen LogP contribution in [-0.4, -0.2) is 37.2 Å². The molecule has 0 saturated carbocycles. The van der Waals surface area contributed by atoms with Crippen molar-refractivity contribution in [1.82, 2.24) is 0 Å². The van der Waals surface area contributed by atoms with Crippen molar-refractivity contribution in [2.45, 2.75) is 284 Å². The Morgan fingerprint density at radius 1 is 0.313 bits per heavy atom. The van der Waals surface area contributed by atoms with Crippen molar-refractivity contribution in [3.63, 3.8) is 0 Å². The smallest absolute Gasteiger partial charge is 0.306 e. The Balaban J connectivity index is 4.25. The second-order valence-corrected chi connectivity index (χ2v) is 18.8. The van der Waals surface area contributed by atoms with Crippen molar-refractivity contribution in [3.05, 3.63) is 72.9 Å². The molecule has 0 aromatic carbocycles. The molecule has 1 atom stereocenters. The van der Waals surface area contributed by atoms with Crippen LogP contribution in [0.5, 0.6) is 0 Å². The number of hydrogen-bond donors (Lipinski definition) is 0. The van der Waals surface area contributed by atoms with E-state index in [2.05, 4.69) is 93.7 Å². The molecule has 1 unspecified atom stereocenters. The lowest BCUT2D eigenvalue weighted by Crippen LogP contribution is -2.30. The molecule has 0 aliphatic carbocycles. The van der Waals surface area contributed by atoms with Crippen LogP contribution < -0.4 is 0 Å². The van der Waals surface area contributed by atoms with E-state index in [1.165, 1.54) is 128 Å². The highest BCUT2D eigenvalue weighted by Gasteiger charge is 2.19. The van der Waals surface area contributed by atoms with Crippen LogP contribution >= 0.6 is 0 Å². The zero-order chi connectivity index (χ0) is 48.6. The van der Waals surface area contributed by atoms with E-state index < -0.39 is 6.10 Å². The number of ether oxygens (including phenoxy) is 3. The number of esters is 3. The highest BCUT2D eigenvalue weighted by molar-refractivity contribution is 5.71. The van der Waals surface area contributed by atoms with Gasteiger partial charge in [-0.3, -0.25) is 14.4 Å². The van der Waals surface area contributed by atoms with E-state index >= 15 is 0 Å². The van der Waals surface area contributed by atoms with Crippen LogP contribution in [-0.2, 0) is 28.6 Å². The van der Waals surface area contributed by atoms with E-state index in [4.69, 9.17) is 14.2 Å². The molecule has 0 aromatic heterocycles. The van der Waals surface area contributed by atoms with Gasteiger partial charge < -0.3 is 14.2 Å². The lowest BCUT2D eigenvalue weighted by molar-refractivity contribution is -0.167. The quantitative estimate of drug-likeness (QED) is 0.0262. The molecule has 0 bridgehead atoms. The third kappa shape index (κ3) is 53.7. The largest absolute Gasteiger partial charge is 0.462 e. The topological polar surface area (TPSA) is 78.9 Å². The Hall–Kier alpha value is -3.15. The summed E-state index contributed by atoms with van der Waals surface area (Å²) >= 11 is 0. The SMILES string of the molecule is CC/C=C\C/C=C\C/C=C\C/C=C\C/C=C\CCCCCCCCCCCC(=O)OCC(COC(=O)CCCCCCC/C=C\CCC)OC(=O)CCCCCCCCCCCCCCCC. The van der Waals surface area contributed by atoms with Crippen molar-refractivity contribution < 1.29 is 28.6 Å². The van der Waals surface area contributed by atoms with E-state index in [9.17, 15) is 14.4 Å². The third-order valence-corrected chi connectivity index (χ3v) is 12.2. The first-order valence-electron chi connectivity index (χ1n) is 28.4. The third-order valence-electron chi connectivity index (χ3n) is 12.2. The molecule has 0 heterocycles. The maximum atomic E-state index is 12.8. The predicted molar refractivity (Wildman–Crippen MR) is 288 cm³/mol. The van der Waals surface area contributed by atoms with Crippen molar-refractivity contribution in [2.75, 3.05) is 13.2 Å². The first-order valence-corrected chi connectivity index (χ1v) is 28.4. The molecule has 0 fully saturated rings. The maximum Gasteiger partial charge on any atom is 0.306 e. The van der Waals surface area contributed by atoms with Gasteiger partial charge in [-0.2, -0.15) is 0 Å². The lowest BCUT2D eigenvalue weighted by atomic mass is 10.0. The van der Waals surface area contributed by atoms with Gasteiger partial charge in [0.1, 0.15) is 13.2 Å². The van der Waals surface area contributed by atoms with E-state index in [0.29, 0.717) is 19.3 Å². The van der Waals surface area contributed by atoms with E-state index in [0.717, 1.165) is 109 Å². The summed E-state index contributed by atoms with van der Waals surface area (Å²) in [5, 5.41) is 0. The van der Waals surface area contributed by atoms with Gasteiger partial charge in [-0.25, -0.2) is 0 Å². The van der Waals surface area contributed by atoms with E-state index in [-0.39, 0.29) is 31.1 Å². The van der Waals surface area contributed by atoms with Crippen LogP contribution in [0.2, 0.25) is 0 Å². The average Bonchev–Trinajstić information content (AvgIpc) is 3.33. The van der Waals surface area contributed by atoms with Crippen LogP contribution in [0.4, 0.5) is 0 Å². The zero-order valence-electron chi connectivity index (χ0n) is 44.2. The molecule has 0 saturated heterocycles. The Morgan fingerprint density at radius 2 is 0.612 bits per heavy atom. The molecule has 0 N–H and O–H groups in total. The molecule has 0 radical (unpaired) electrons. The molecular formula is C61H106O6. The molecule has 67 heavy (non-hydrogen) atoms. The second-order valence-electron chi connectivity index (χ2n) is 18.8. The summed E-state index contributed by atoms with van der Waals surface area (Å²) < 4.78 is 16.8. The summed E-state index contributed by atoms with van der Waals surface area (Å²) in [5.74, 6) is -0.887. The van der Waals surface area contributed by atoms with Crippen molar-refractivity contribution in [2.24, 2.45) is 0 Å². The first kappa shape index (κ1) is 63.8. The number of allylic oxidation sites excluding steroid dienone is 12. The summed E-state index contributed by atoms with van der Waals surface area (Å²) in [5.41, 5.74) is 0. The summed E-state index contributed by atoms with van der Waals surface area (Å²) in [7, 11) is 0. The molecule has 0 aliphatic heterocycles. The summed E-state index contributed by atoms with van der Waals surface area (Å²) in [6, 6.07) is 0. The monoisotopic (exact) mass is 935 g/mol. The molecule has 6 heteroatoms. The standard InChI is InChI=1S/C61H106O6/c1-4-7-10-13-16-19-22-24-26-27-28-29-30-31-32-33-34-35-36-38-39-42-45-48-51-54-60(63)66-57-58(56-65-59(62)53-50-47-44-41-21-18-15-12-9-6-3)67-61(64)55-52-49-46-43-40-37-25-23-20-17-14-11-8-5-2/h7,10,12,15-16,19,24,26,28-29,31-32,58H,4-6,8-9,11,13-14,17-18,20-23,25,27,30,33-57H2,1-3H3/b10-7-,15-12-,19-16-,26-24-,29-28-,32-31-. The summed E-state index contributed by atoms with van der Waals surface area (Å²) in [6.07, 6.45) is 70.4. The molecule has 0 rings (SSSR count). The molecule has 0 amide bonds. The van der Waals surface area contributed by atoms with Gasteiger partial charge in [-0.15, -0.1) is 0 Å². The highest BCUT2D eigenvalue weighted by atomic mass is 16.6. The highest BCUT2D eigenvalue weighted by Crippen LogP contribution is 2.16. The average molecular weight is 936 g/mol. The normalized spacial score (nSPS) is 12.6. The molecule has 0 aromatic rings. The van der Waals surface area contributed by atoms with Crippen LogP contribution in [0.3, 0.4) is 0 Å². The van der Waals surface area contributed by atoms with Crippen molar-refractivity contribution in [1.29, 1.82) is 0 Å². The van der Waals surface area contributed by atoms with Crippen LogP contribution in [0.25, 0.3) is 0 Å². The zero-order valence-corrected chi connectivity index (χ0v) is 44.2. The minimum Gasteiger partial charge on any atom is -0.462 e. The first-order chi connectivity index (χ1) is 33.0. The van der Waals surface area contributed by atoms with Gasteiger partial charge in [-0.05, 0) is 83.5 Å². The summed E-state index contributed by atoms with van der Waals surface area (Å²) in [4.78, 5) is 38.0. The Bertz CT molecular complexity index is 1260. The number of carbonyl (C=O) groups excluding carboxylic acids is 3. The van der Waals surface area contributed by atoms with Gasteiger partial charge in [0, 0.05) is 19.3 Å². The fourth-order valence-corrected chi connectivity index (χ4v) is 7.94. The van der Waals surface area contributed by atoms with Crippen molar-refractivity contribution in [3.8, 4) is 0 Å². The fourth-order valence-electron chi connectivity index (χ4n) is 7.94. The predicted octanol–water partition coefficient (Wildman–Crippen LogP) is 19.0. The van der Waals surface area contributed by atoms with Gasteiger partial charge in [0.25, 0.3) is 0 Å². The minimum atomic E-state index is -0.778. The van der Waals surface area contributed by atoms with Gasteiger partial charge >= 0.3 is 17.9 Å². The Morgan fingerprint density at radius 3 is 0.985 bits per heavy atom. The van der Waals surface area contributed by atoms with Crippen molar-refractivity contribution >= 4 is 17.9 Å². The molecule has 6 nitrogen and oxygen atoms in total. The summed E-state index contributed by atoms with van der Waals surface area (Å²) in [6.45, 7) is 6.47. The Labute approximate surface area is 414 Å². The van der Waals surface area contributed by atoms with Gasteiger partial charge in [0.05, 0.1) is 0 Å². The number of unbranched alkanes of at least 4 members (excludes halogenated alkanes) is 28. The maximum absolute atomic E-state index is 12.8. The van der Waals surface area contributed by atoms with E-state index in [1.807, 2.05) is 0 Å². The van der Waals surface area contributed by atoms with Gasteiger partial charge in [-0.1, -0.05) is 248 Å². The number of hydrogen-bond acceptors (Lipinski definition) is 6. The fraction of sp³-hybridized carbons (Fsp3) is 0.754. The van der Waals surface area contributed by atoms with Crippen LogP contribution in [0, 0.1) is 0 Å². The van der Waals surface area contributed by atoms with Gasteiger partial charge in [0.15, 0.2) is 6.10 Å². The lowest BCUT2D eigenvalue weighted by Gasteiger charge is -2.18. The van der Waals surface area contributed by atoms with Crippen LogP contribution in [0.1, 0.15) is 278 Å². The minimum absolute atomic E-state index is 0.0790. The van der Waals surface area contributed by atoms with E-state index in [1.54, 1.807) is 0 Å². The Kier molecular flexibility index (Phi) is 52.8.